The Balaban J connectivity index is 0.750. The number of hydrogen-bond acceptors (Lipinski definition) is 26. The largest absolute Gasteiger partial charge is 0.481 e. The Morgan fingerprint density at radius 1 is 0.633 bits per heavy atom. The molecule has 1 spiro atoms. The van der Waals surface area contributed by atoms with Gasteiger partial charge in [0, 0.05) is 100 Å². The summed E-state index contributed by atoms with van der Waals surface area (Å²) in [4.78, 5) is 167. The van der Waals surface area contributed by atoms with Crippen molar-refractivity contribution >= 4 is 99.0 Å². The number of amides is 5. The van der Waals surface area contributed by atoms with E-state index in [9.17, 15) is 82.8 Å². The summed E-state index contributed by atoms with van der Waals surface area (Å²) in [5.41, 5.74) is 6.47. The van der Waals surface area contributed by atoms with Crippen LogP contribution in [0.5, 0.6) is 0 Å². The quantitative estimate of drug-likeness (QED) is 0.00964. The maximum atomic E-state index is 14.4. The number of carboxylic acid groups (broad SMARTS) is 4. The van der Waals surface area contributed by atoms with Gasteiger partial charge in [-0.3, -0.25) is 52.7 Å². The molecule has 2 unspecified atom stereocenters. The number of urea groups is 1. The molecule has 6 aliphatic heterocycles. The van der Waals surface area contributed by atoms with Gasteiger partial charge in [0.1, 0.15) is 24.5 Å². The van der Waals surface area contributed by atoms with Crippen LogP contribution < -0.4 is 32.3 Å². The second-order valence-electron chi connectivity index (χ2n) is 37.0. The van der Waals surface area contributed by atoms with Gasteiger partial charge in [-0.1, -0.05) is 156 Å². The van der Waals surface area contributed by atoms with E-state index in [1.807, 2.05) is 6.92 Å². The van der Waals surface area contributed by atoms with E-state index >= 15 is 0 Å². The van der Waals surface area contributed by atoms with Gasteiger partial charge in [0.2, 0.25) is 17.7 Å². The van der Waals surface area contributed by atoms with Crippen LogP contribution in [0.4, 0.5) is 4.79 Å². The maximum absolute atomic E-state index is 14.4. The zero-order valence-corrected chi connectivity index (χ0v) is 77.7. The number of ketones is 3. The normalized spacial score (nSPS) is 29.9. The minimum Gasteiger partial charge on any atom is -0.481 e. The molecule has 0 aliphatic carbocycles. The van der Waals surface area contributed by atoms with E-state index < -0.39 is 168 Å². The molecule has 6 fully saturated rings. The lowest BCUT2D eigenvalue weighted by molar-refractivity contribution is -0.353. The van der Waals surface area contributed by atoms with Crippen molar-refractivity contribution in [2.24, 2.45) is 59.0 Å². The van der Waals surface area contributed by atoms with Crippen LogP contribution in [0.1, 0.15) is 241 Å². The van der Waals surface area contributed by atoms with Crippen molar-refractivity contribution in [1.82, 2.24) is 26.6 Å². The molecule has 0 bridgehead atoms. The van der Waals surface area contributed by atoms with E-state index in [4.69, 9.17) is 48.7 Å². The Hall–Kier alpha value is -7.71. The van der Waals surface area contributed by atoms with Crippen molar-refractivity contribution in [2.75, 3.05) is 31.8 Å². The summed E-state index contributed by atoms with van der Waals surface area (Å²) >= 11 is 0. The van der Waals surface area contributed by atoms with Crippen LogP contribution in [-0.2, 0) is 113 Å². The number of hydrogen-bond donors (Lipinski definition) is 11. The van der Waals surface area contributed by atoms with Gasteiger partial charge in [-0.2, -0.15) is 0 Å². The summed E-state index contributed by atoms with van der Waals surface area (Å²) in [6, 6.07) is 11.0. The summed E-state index contributed by atoms with van der Waals surface area (Å²) in [5, 5.41) is 62.3. The van der Waals surface area contributed by atoms with E-state index in [0.29, 0.717) is 63.4 Å². The highest BCUT2D eigenvalue weighted by atomic mass is 33.1. The number of aliphatic carboxylic acids is 4. The third-order valence-corrected chi connectivity index (χ3v) is 29.3. The second kappa shape index (κ2) is 50.2. The third-order valence-electron chi connectivity index (χ3n) is 26.9. The fourth-order valence-electron chi connectivity index (χ4n) is 19.5. The lowest BCUT2D eigenvalue weighted by atomic mass is 9.78. The van der Waals surface area contributed by atoms with Crippen molar-refractivity contribution < 1.29 is 130 Å². The van der Waals surface area contributed by atoms with Crippen molar-refractivity contribution in [3.63, 3.8) is 0 Å². The molecule has 6 saturated heterocycles. The number of benzene rings is 2. The predicted molar refractivity (Wildman–Crippen MR) is 474 cm³/mol. The highest BCUT2D eigenvalue weighted by Crippen LogP contribution is 2.57. The van der Waals surface area contributed by atoms with E-state index in [2.05, 4.69) is 86.7 Å². The van der Waals surface area contributed by atoms with Gasteiger partial charge >= 0.3 is 35.9 Å². The van der Waals surface area contributed by atoms with E-state index in [1.54, 1.807) is 74.7 Å². The Bertz CT molecular complexity index is 4010. The van der Waals surface area contributed by atoms with Crippen molar-refractivity contribution in [3.8, 4) is 0 Å². The van der Waals surface area contributed by atoms with Crippen LogP contribution in [0.25, 0.3) is 0 Å². The molecule has 33 nitrogen and oxygen atoms in total. The first-order valence-electron chi connectivity index (χ1n) is 45.8. The summed E-state index contributed by atoms with van der Waals surface area (Å²) in [6.45, 7) is 20.4. The molecule has 128 heavy (non-hydrogen) atoms. The van der Waals surface area contributed by atoms with Crippen LogP contribution in [0, 0.1) is 53.3 Å². The van der Waals surface area contributed by atoms with Crippen LogP contribution in [0.2, 0.25) is 0 Å². The SMILES string of the molecule is CC[C@]1(O)O[C@@H]([C@H]2C[C@H](C)[C@H]([C@]3(C)CCC([C@@]4(C)C[C@@H](C)[C@@]5(O[C@H](C[C@H]6CC[C@H](C)C([C@@H](C)C(=O)OCCSSC[C@H](CC(=O)[C@H](CC(=O)O)NC(=O)[C@@H](N)CNC(=O)[C@@H](CC(=O)[C@H](Cc7ccccc7)NC(=O)CCCCCCCCC(=O)CC[C@H](NC(=O)N[C@@H](CCC(=O)O)OC=O)C(=O)O)Cc7ccccc7)C(=O)O)O6)C[C@@H](OC)[C@H]5C)O4)O3)O2)[C@@H](C)C[C@H]1C. The molecule has 2 aromatic carbocycles. The van der Waals surface area contributed by atoms with Gasteiger partial charge in [0.15, 0.2) is 29.4 Å². The first-order valence-corrected chi connectivity index (χ1v) is 48.3. The minimum absolute atomic E-state index is 0.0137. The number of esters is 1. The average molecular weight is 1840 g/mol. The molecule has 6 heterocycles. The zero-order valence-electron chi connectivity index (χ0n) is 76.1. The van der Waals surface area contributed by atoms with Crippen LogP contribution in [0.3, 0.4) is 0 Å². The first-order chi connectivity index (χ1) is 60.7. The van der Waals surface area contributed by atoms with Gasteiger partial charge in [0.05, 0.1) is 96.8 Å². The first kappa shape index (κ1) is 106. The number of carboxylic acids is 4. The molecule has 8 rings (SSSR count). The number of unbranched alkanes of at least 4 members (excludes halogenated alkanes) is 5. The summed E-state index contributed by atoms with van der Waals surface area (Å²) < 4.78 is 58.8. The predicted octanol–water partition coefficient (Wildman–Crippen LogP) is 10.2. The molecular weight excluding hydrogens is 1700 g/mol. The van der Waals surface area contributed by atoms with Crippen LogP contribution >= 0.6 is 21.6 Å². The molecular formula is C93H140N6O27S2. The van der Waals surface area contributed by atoms with Crippen molar-refractivity contribution in [3.05, 3.63) is 71.8 Å². The van der Waals surface area contributed by atoms with Gasteiger partial charge in [0.25, 0.3) is 6.47 Å². The Morgan fingerprint density at radius 2 is 1.29 bits per heavy atom. The number of carbonyl (C=O) groups excluding carboxylic acids is 9. The van der Waals surface area contributed by atoms with E-state index in [-0.39, 0.29) is 160 Å². The fourth-order valence-corrected chi connectivity index (χ4v) is 21.6. The summed E-state index contributed by atoms with van der Waals surface area (Å²) in [6.07, 6.45) is 5.08. The van der Waals surface area contributed by atoms with E-state index in [0.717, 1.165) is 61.3 Å². The molecule has 35 heteroatoms. The van der Waals surface area contributed by atoms with Gasteiger partial charge in [-0.05, 0) is 133 Å². The molecule has 6 aliphatic rings. The number of nitrogens with two attached hydrogens (primary N) is 1. The number of nitrogens with one attached hydrogen (secondary N) is 5. The summed E-state index contributed by atoms with van der Waals surface area (Å²) in [7, 11) is 4.06. The number of aliphatic hydroxyl groups is 1. The van der Waals surface area contributed by atoms with Gasteiger partial charge in [-0.25, -0.2) is 9.59 Å². The van der Waals surface area contributed by atoms with Crippen LogP contribution in [-0.4, -0.2) is 237 Å². The molecule has 12 N–H and O–H groups in total. The highest BCUT2D eigenvalue weighted by molar-refractivity contribution is 8.76. The maximum Gasteiger partial charge on any atom is 0.326 e. The zero-order chi connectivity index (χ0) is 93.8. The fraction of sp³-hybridized carbons (Fsp3) is 0.731. The summed E-state index contributed by atoms with van der Waals surface area (Å²) in [5.74, 6) is -14.2. The van der Waals surface area contributed by atoms with Crippen LogP contribution in [0.15, 0.2) is 60.7 Å². The number of methoxy groups -OCH3 is 1. The minimum atomic E-state index is -1.71. The third kappa shape index (κ3) is 30.7. The number of rotatable bonds is 54. The molecule has 0 saturated carbocycles. The van der Waals surface area contributed by atoms with E-state index in [1.165, 1.54) is 10.8 Å². The topological polar surface area (TPSA) is 492 Å². The lowest BCUT2D eigenvalue weighted by Crippen LogP contribution is -2.58. The molecule has 5 amide bonds. The second-order valence-corrected chi connectivity index (χ2v) is 39.6. The molecule has 2 aromatic rings. The monoisotopic (exact) mass is 1840 g/mol. The smallest absolute Gasteiger partial charge is 0.326 e. The molecule has 716 valence electrons. The number of ether oxygens (including phenoxy) is 9. The highest BCUT2D eigenvalue weighted by Gasteiger charge is 2.65. The average Bonchev–Trinajstić information content (AvgIpc) is 1.56. The van der Waals surface area contributed by atoms with Gasteiger partial charge < -0.3 is 100 Å². The Labute approximate surface area is 759 Å². The van der Waals surface area contributed by atoms with Crippen molar-refractivity contribution in [1.29, 1.82) is 0 Å². The number of carbonyl (C=O) groups is 13. The molecule has 0 radical (unpaired) electrons. The molecule has 26 atom stereocenters. The van der Waals surface area contributed by atoms with Gasteiger partial charge in [-0.15, -0.1) is 0 Å². The Morgan fingerprint density at radius 3 is 1.93 bits per heavy atom. The lowest BCUT2D eigenvalue weighted by Gasteiger charge is -2.50. The van der Waals surface area contributed by atoms with Crippen molar-refractivity contribution in [2.45, 2.75) is 345 Å². The number of Topliss-reactive ketones (excluding diaryl/α,β-unsaturated/α-hetero) is 3. The Kier molecular flexibility index (Phi) is 41.5. The molecule has 0 aromatic heterocycles. The standard InChI is InChI=1S/C93H140N6O27S2/c1-12-92(117)57(5)41-55(3)82(125-92)75-42-56(4)83(122-75)90(9)38-37-76(124-90)91(10)50-58(6)93(126-91)60(8)74(118-11)48-67(123-93)47-66-33-31-54(2)81(121-66)59(7)88(115)119-39-40-127-128-52-64(86(111)112)46-73(103)71(49-80(107)108)97-85(110)68(94)51-95-84(109)63(43-61-25-19-17-20-26-61)45-72(102)70(44-62-27-21-18-22-28-62)96-77(104)30-24-16-14-13-15-23-29-65(101)32-34-69(87(113)114)98-89(116)99-78(120-53-100)35-36-79(105)106/h17-22,25-28,53-60,63-64,66-71,74-76,78,81-83,117H,12-16,23-24,29-52,94H2,1-11H3,(H,95,109)(H,96,104)(H,97,110)(H,105,106)(H,107,108)(H,111,112)(H,113,114)(H2,98,99,116)/t54-,55-,56-,57+,58+,59+,60+,63+,64-,66+,67+,68-,69-,70-,71-,74+,75+,76?,78+,81?,82+,83+,90-,91+,92-,93+/m0/s1.